The normalized spacial score (nSPS) is 12.8. The molecule has 1 rings (SSSR count). The Bertz CT molecular complexity index is 704. The monoisotopic (exact) mass is 297 g/mol. The highest BCUT2D eigenvalue weighted by Gasteiger charge is 2.28. The molecule has 8 heteroatoms. The molecule has 0 aliphatic rings. The third-order valence-corrected chi connectivity index (χ3v) is 4.67. The Kier molecular flexibility index (Phi) is 4.47. The van der Waals surface area contributed by atoms with Crippen LogP contribution in [0.3, 0.4) is 0 Å². The lowest BCUT2D eigenvalue weighted by atomic mass is 10.1. The number of nitro benzene ring substituents is 1. The Morgan fingerprint density at radius 2 is 1.90 bits per heavy atom. The van der Waals surface area contributed by atoms with E-state index in [1.54, 1.807) is 19.9 Å². The quantitative estimate of drug-likeness (QED) is 0.671. The molecule has 0 spiro atoms. The smallest absolute Gasteiger partial charge is 0.258 e. The third-order valence-electron chi connectivity index (χ3n) is 2.84. The Morgan fingerprint density at radius 1 is 1.35 bits per heavy atom. The number of nitro groups is 1. The van der Waals surface area contributed by atoms with E-state index in [0.29, 0.717) is 11.1 Å². The van der Waals surface area contributed by atoms with Crippen molar-refractivity contribution in [2.24, 2.45) is 0 Å². The highest BCUT2D eigenvalue weighted by molar-refractivity contribution is 7.89. The van der Waals surface area contributed by atoms with Crippen LogP contribution in [-0.4, -0.2) is 19.4 Å². The molecule has 0 saturated carbocycles. The van der Waals surface area contributed by atoms with Crippen LogP contribution in [0.1, 0.15) is 23.6 Å². The summed E-state index contributed by atoms with van der Waals surface area (Å²) in [7, 11) is -3.98. The van der Waals surface area contributed by atoms with Gasteiger partial charge >= 0.3 is 0 Å². The first kappa shape index (κ1) is 16.1. The zero-order valence-electron chi connectivity index (χ0n) is 11.6. The molecular formula is C12H15N3O4S. The van der Waals surface area contributed by atoms with Crippen molar-refractivity contribution in [2.45, 2.75) is 38.6 Å². The van der Waals surface area contributed by atoms with E-state index in [0.717, 1.165) is 0 Å². The highest BCUT2D eigenvalue weighted by Crippen LogP contribution is 2.31. The van der Waals surface area contributed by atoms with Gasteiger partial charge in [0.2, 0.25) is 10.0 Å². The topological polar surface area (TPSA) is 113 Å². The van der Waals surface area contributed by atoms with E-state index in [2.05, 4.69) is 4.72 Å². The van der Waals surface area contributed by atoms with Gasteiger partial charge in [-0.3, -0.25) is 10.1 Å². The minimum atomic E-state index is -3.98. The number of nitrogens with zero attached hydrogens (tertiary/aromatic N) is 2. The van der Waals surface area contributed by atoms with Crippen LogP contribution >= 0.6 is 0 Å². The molecule has 0 amide bonds. The number of hydrogen-bond acceptors (Lipinski definition) is 5. The molecule has 1 unspecified atom stereocenters. The summed E-state index contributed by atoms with van der Waals surface area (Å²) in [6, 6.07) is 2.29. The molecule has 1 N–H and O–H groups in total. The molecule has 0 aliphatic carbocycles. The molecule has 20 heavy (non-hydrogen) atoms. The van der Waals surface area contributed by atoms with Gasteiger partial charge in [0.15, 0.2) is 0 Å². The molecule has 108 valence electrons. The largest absolute Gasteiger partial charge is 0.276 e. The van der Waals surface area contributed by atoms with Gasteiger partial charge in [-0.05, 0) is 39.3 Å². The predicted octanol–water partition coefficient (Wildman–Crippen LogP) is 1.71. The molecule has 1 atom stereocenters. The van der Waals surface area contributed by atoms with Gasteiger partial charge in [0.25, 0.3) is 5.69 Å². The lowest BCUT2D eigenvalue weighted by Crippen LogP contribution is -2.32. The zero-order valence-corrected chi connectivity index (χ0v) is 12.4. The van der Waals surface area contributed by atoms with E-state index in [4.69, 9.17) is 5.26 Å². The Hall–Kier alpha value is -1.98. The molecule has 0 heterocycles. The predicted molar refractivity (Wildman–Crippen MR) is 72.7 cm³/mol. The first-order chi connectivity index (χ1) is 9.11. The van der Waals surface area contributed by atoms with E-state index in [1.807, 2.05) is 0 Å². The van der Waals surface area contributed by atoms with Gasteiger partial charge in [0, 0.05) is 11.1 Å². The molecule has 1 aromatic carbocycles. The summed E-state index contributed by atoms with van der Waals surface area (Å²) < 4.78 is 26.7. The summed E-state index contributed by atoms with van der Waals surface area (Å²) in [5.74, 6) is 0. The maximum Gasteiger partial charge on any atom is 0.276 e. The fourth-order valence-corrected chi connectivity index (χ4v) is 3.79. The molecule has 0 aliphatic heterocycles. The van der Waals surface area contributed by atoms with Gasteiger partial charge in [0.05, 0.1) is 15.9 Å². The first-order valence-corrected chi connectivity index (χ1v) is 7.27. The average Bonchev–Trinajstić information content (AvgIpc) is 2.25. The molecule has 0 saturated heterocycles. The molecule has 0 aromatic heterocycles. The van der Waals surface area contributed by atoms with E-state index < -0.39 is 21.0 Å². The van der Waals surface area contributed by atoms with Crippen LogP contribution in [0.4, 0.5) is 5.69 Å². The van der Waals surface area contributed by atoms with E-state index >= 15 is 0 Å². The Morgan fingerprint density at radius 3 is 2.35 bits per heavy atom. The minimum Gasteiger partial charge on any atom is -0.258 e. The van der Waals surface area contributed by atoms with Crippen LogP contribution in [0.25, 0.3) is 0 Å². The second kappa shape index (κ2) is 5.56. The van der Waals surface area contributed by atoms with Crippen LogP contribution in [-0.2, 0) is 10.0 Å². The fourth-order valence-electron chi connectivity index (χ4n) is 2.17. The average molecular weight is 297 g/mol. The van der Waals surface area contributed by atoms with Crippen molar-refractivity contribution in [3.05, 3.63) is 32.9 Å². The van der Waals surface area contributed by atoms with Gasteiger partial charge in [-0.15, -0.1) is 0 Å². The number of hydrogen-bond donors (Lipinski definition) is 1. The van der Waals surface area contributed by atoms with Gasteiger partial charge in [0.1, 0.15) is 6.04 Å². The second-order valence-electron chi connectivity index (χ2n) is 4.54. The van der Waals surface area contributed by atoms with E-state index in [-0.39, 0.29) is 16.1 Å². The lowest BCUT2D eigenvalue weighted by molar-refractivity contribution is -0.386. The van der Waals surface area contributed by atoms with Crippen molar-refractivity contribution in [3.63, 3.8) is 0 Å². The number of rotatable bonds is 4. The Labute approximate surface area is 117 Å². The van der Waals surface area contributed by atoms with Crippen molar-refractivity contribution >= 4 is 15.7 Å². The van der Waals surface area contributed by atoms with Gasteiger partial charge in [-0.25, -0.2) is 8.42 Å². The Balaban J connectivity index is 3.59. The molecular weight excluding hydrogens is 282 g/mol. The fraction of sp³-hybridized carbons (Fsp3) is 0.417. The summed E-state index contributed by atoms with van der Waals surface area (Å²) in [4.78, 5) is 10.3. The number of sulfonamides is 1. The van der Waals surface area contributed by atoms with Crippen LogP contribution in [0.15, 0.2) is 11.0 Å². The van der Waals surface area contributed by atoms with Gasteiger partial charge in [-0.2, -0.15) is 9.98 Å². The van der Waals surface area contributed by atoms with Crippen LogP contribution < -0.4 is 4.72 Å². The SMILES string of the molecule is Cc1cc(C)c(S(=O)(=O)NC(C)C#N)c(C)c1[N+](=O)[O-]. The highest BCUT2D eigenvalue weighted by atomic mass is 32.2. The molecule has 1 aromatic rings. The summed E-state index contributed by atoms with van der Waals surface area (Å²) in [5, 5.41) is 19.7. The van der Waals surface area contributed by atoms with E-state index in [1.165, 1.54) is 19.9 Å². The van der Waals surface area contributed by atoms with Crippen molar-refractivity contribution < 1.29 is 13.3 Å². The maximum atomic E-state index is 12.2. The van der Waals surface area contributed by atoms with Gasteiger partial charge < -0.3 is 0 Å². The summed E-state index contributed by atoms with van der Waals surface area (Å²) >= 11 is 0. The van der Waals surface area contributed by atoms with E-state index in [9.17, 15) is 18.5 Å². The number of aryl methyl sites for hydroxylation is 2. The number of nitrogens with one attached hydrogen (secondary N) is 1. The number of nitriles is 1. The van der Waals surface area contributed by atoms with Crippen LogP contribution in [0.5, 0.6) is 0 Å². The van der Waals surface area contributed by atoms with Crippen molar-refractivity contribution in [1.29, 1.82) is 5.26 Å². The van der Waals surface area contributed by atoms with Crippen molar-refractivity contribution in [1.82, 2.24) is 4.72 Å². The maximum absolute atomic E-state index is 12.2. The first-order valence-electron chi connectivity index (χ1n) is 5.79. The van der Waals surface area contributed by atoms with Crippen LogP contribution in [0, 0.1) is 42.2 Å². The van der Waals surface area contributed by atoms with Gasteiger partial charge in [-0.1, -0.05) is 0 Å². The van der Waals surface area contributed by atoms with Crippen molar-refractivity contribution in [3.8, 4) is 6.07 Å². The second-order valence-corrected chi connectivity index (χ2v) is 6.19. The standard InChI is InChI=1S/C12H15N3O4S/c1-7-5-8(2)12(10(4)11(7)15(16)17)20(18,19)14-9(3)6-13/h5,9,14H,1-4H3. The lowest BCUT2D eigenvalue weighted by Gasteiger charge is -2.14. The summed E-state index contributed by atoms with van der Waals surface area (Å²) in [5.41, 5.74) is 0.659. The molecule has 0 fully saturated rings. The minimum absolute atomic E-state index is 0.0742. The van der Waals surface area contributed by atoms with Crippen molar-refractivity contribution in [2.75, 3.05) is 0 Å². The molecule has 0 radical (unpaired) electrons. The molecule has 0 bridgehead atoms. The summed E-state index contributed by atoms with van der Waals surface area (Å²) in [6.07, 6.45) is 0. The zero-order chi connectivity index (χ0) is 15.7. The van der Waals surface area contributed by atoms with Crippen LogP contribution in [0.2, 0.25) is 0 Å². The third kappa shape index (κ3) is 2.95. The number of benzene rings is 1. The molecule has 7 nitrogen and oxygen atoms in total. The summed E-state index contributed by atoms with van der Waals surface area (Å²) in [6.45, 7) is 5.91.